The molecule has 0 aliphatic heterocycles. The lowest BCUT2D eigenvalue weighted by molar-refractivity contribution is -0.137. The summed E-state index contributed by atoms with van der Waals surface area (Å²) < 4.78 is 5.10. The summed E-state index contributed by atoms with van der Waals surface area (Å²) in [5.41, 5.74) is 0. The van der Waals surface area contributed by atoms with Crippen molar-refractivity contribution < 1.29 is 9.53 Å². The predicted molar refractivity (Wildman–Crippen MR) is 69.9 cm³/mol. The quantitative estimate of drug-likeness (QED) is 0.715. The van der Waals surface area contributed by atoms with Gasteiger partial charge in [0, 0.05) is 26.1 Å². The molecule has 1 aliphatic rings. The largest absolute Gasteiger partial charge is 0.383 e. The van der Waals surface area contributed by atoms with Crippen molar-refractivity contribution in [1.29, 1.82) is 0 Å². The van der Waals surface area contributed by atoms with Gasteiger partial charge in [-0.15, -0.1) is 0 Å². The normalized spacial score (nSPS) is 17.4. The number of ether oxygens (including phenoxy) is 1. The van der Waals surface area contributed by atoms with Crippen LogP contribution < -0.4 is 0 Å². The van der Waals surface area contributed by atoms with Gasteiger partial charge in [-0.25, -0.2) is 0 Å². The highest BCUT2D eigenvalue weighted by atomic mass is 16.5. The molecule has 1 rings (SSSR count). The molecule has 0 bridgehead atoms. The Morgan fingerprint density at radius 3 is 2.47 bits per heavy atom. The number of carbonyl (C=O) groups is 1. The van der Waals surface area contributed by atoms with Gasteiger partial charge in [-0.3, -0.25) is 4.79 Å². The third kappa shape index (κ3) is 5.07. The van der Waals surface area contributed by atoms with Gasteiger partial charge >= 0.3 is 0 Å². The van der Waals surface area contributed by atoms with Crippen molar-refractivity contribution in [1.82, 2.24) is 4.90 Å². The molecule has 0 radical (unpaired) electrons. The minimum Gasteiger partial charge on any atom is -0.383 e. The van der Waals surface area contributed by atoms with Crippen molar-refractivity contribution >= 4 is 5.91 Å². The maximum atomic E-state index is 12.4. The molecular weight excluding hydrogens is 214 g/mol. The molecular formula is C14H27NO2. The van der Waals surface area contributed by atoms with Crippen LogP contribution in [-0.2, 0) is 9.53 Å². The van der Waals surface area contributed by atoms with Crippen molar-refractivity contribution in [3.05, 3.63) is 0 Å². The summed E-state index contributed by atoms with van der Waals surface area (Å²) in [6.45, 7) is 6.57. The van der Waals surface area contributed by atoms with Gasteiger partial charge in [-0.1, -0.05) is 33.1 Å². The van der Waals surface area contributed by atoms with E-state index in [4.69, 9.17) is 4.74 Å². The van der Waals surface area contributed by atoms with E-state index in [9.17, 15) is 4.79 Å². The smallest absolute Gasteiger partial charge is 0.225 e. The Bertz CT molecular complexity index is 222. The summed E-state index contributed by atoms with van der Waals surface area (Å²) in [7, 11) is 1.69. The zero-order valence-electron chi connectivity index (χ0n) is 11.6. The summed E-state index contributed by atoms with van der Waals surface area (Å²) in [4.78, 5) is 14.4. The number of carbonyl (C=O) groups excluding carboxylic acids is 1. The number of hydrogen-bond acceptors (Lipinski definition) is 2. The monoisotopic (exact) mass is 241 g/mol. The van der Waals surface area contributed by atoms with E-state index in [0.29, 0.717) is 18.4 Å². The standard InChI is InChI=1S/C14H27NO2/c1-12(2)11-15(9-10-17-3)14(16)13-7-5-4-6-8-13/h12-13H,4-11H2,1-3H3. The Morgan fingerprint density at radius 1 is 1.29 bits per heavy atom. The van der Waals surface area contributed by atoms with E-state index in [2.05, 4.69) is 13.8 Å². The fraction of sp³-hybridized carbons (Fsp3) is 0.929. The Morgan fingerprint density at radius 2 is 1.94 bits per heavy atom. The molecule has 0 aromatic rings. The number of methoxy groups -OCH3 is 1. The van der Waals surface area contributed by atoms with Crippen LogP contribution in [0.25, 0.3) is 0 Å². The van der Waals surface area contributed by atoms with Crippen molar-refractivity contribution in [3.8, 4) is 0 Å². The zero-order valence-corrected chi connectivity index (χ0v) is 11.6. The van der Waals surface area contributed by atoms with Crippen LogP contribution in [0, 0.1) is 11.8 Å². The average Bonchev–Trinajstić information content (AvgIpc) is 2.34. The van der Waals surface area contributed by atoms with Gasteiger partial charge in [0.2, 0.25) is 5.91 Å². The second-order valence-corrected chi connectivity index (χ2v) is 5.51. The van der Waals surface area contributed by atoms with Crippen LogP contribution in [0.4, 0.5) is 0 Å². The summed E-state index contributed by atoms with van der Waals surface area (Å²) in [6, 6.07) is 0. The number of hydrogen-bond donors (Lipinski definition) is 0. The summed E-state index contributed by atoms with van der Waals surface area (Å²) in [6.07, 6.45) is 5.90. The van der Waals surface area contributed by atoms with Crippen molar-refractivity contribution in [3.63, 3.8) is 0 Å². The van der Waals surface area contributed by atoms with E-state index in [-0.39, 0.29) is 5.92 Å². The highest BCUT2D eigenvalue weighted by Crippen LogP contribution is 2.25. The molecule has 17 heavy (non-hydrogen) atoms. The van der Waals surface area contributed by atoms with Crippen LogP contribution in [0.15, 0.2) is 0 Å². The maximum absolute atomic E-state index is 12.4. The fourth-order valence-electron chi connectivity index (χ4n) is 2.54. The first kappa shape index (κ1) is 14.5. The predicted octanol–water partition coefficient (Wildman–Crippen LogP) is 2.70. The van der Waals surface area contributed by atoms with Crippen LogP contribution in [0.1, 0.15) is 46.0 Å². The lowest BCUT2D eigenvalue weighted by Crippen LogP contribution is -2.41. The first-order valence-electron chi connectivity index (χ1n) is 6.93. The van der Waals surface area contributed by atoms with Gasteiger partial charge in [0.15, 0.2) is 0 Å². The van der Waals surface area contributed by atoms with E-state index < -0.39 is 0 Å². The van der Waals surface area contributed by atoms with Crippen molar-refractivity contribution in [2.24, 2.45) is 11.8 Å². The number of rotatable bonds is 6. The van der Waals surface area contributed by atoms with Crippen LogP contribution in [0.3, 0.4) is 0 Å². The van der Waals surface area contributed by atoms with Crippen LogP contribution in [0.2, 0.25) is 0 Å². The van der Waals surface area contributed by atoms with E-state index >= 15 is 0 Å². The van der Waals surface area contributed by atoms with E-state index in [0.717, 1.165) is 25.9 Å². The van der Waals surface area contributed by atoms with Crippen molar-refractivity contribution in [2.45, 2.75) is 46.0 Å². The Hall–Kier alpha value is -0.570. The van der Waals surface area contributed by atoms with E-state index in [1.165, 1.54) is 19.3 Å². The highest BCUT2D eigenvalue weighted by molar-refractivity contribution is 5.78. The molecule has 0 N–H and O–H groups in total. The molecule has 0 unspecified atom stereocenters. The Balaban J connectivity index is 2.50. The number of nitrogens with zero attached hydrogens (tertiary/aromatic N) is 1. The van der Waals surface area contributed by atoms with Crippen LogP contribution in [0.5, 0.6) is 0 Å². The Labute approximate surface area is 106 Å². The average molecular weight is 241 g/mol. The third-order valence-corrected chi connectivity index (χ3v) is 3.42. The molecule has 1 fully saturated rings. The molecule has 3 heteroatoms. The first-order chi connectivity index (χ1) is 8.15. The summed E-state index contributed by atoms with van der Waals surface area (Å²) in [5, 5.41) is 0. The zero-order chi connectivity index (χ0) is 12.7. The Kier molecular flexibility index (Phi) is 6.56. The summed E-state index contributed by atoms with van der Waals surface area (Å²) >= 11 is 0. The second-order valence-electron chi connectivity index (χ2n) is 5.51. The number of amides is 1. The molecule has 1 saturated carbocycles. The third-order valence-electron chi connectivity index (χ3n) is 3.42. The highest BCUT2D eigenvalue weighted by Gasteiger charge is 2.25. The molecule has 1 amide bonds. The van der Waals surface area contributed by atoms with Gasteiger partial charge < -0.3 is 9.64 Å². The molecule has 0 atom stereocenters. The molecule has 1 aliphatic carbocycles. The van der Waals surface area contributed by atoms with E-state index in [1.54, 1.807) is 7.11 Å². The molecule has 0 aromatic carbocycles. The maximum Gasteiger partial charge on any atom is 0.225 e. The minimum atomic E-state index is 0.277. The van der Waals surface area contributed by atoms with Gasteiger partial charge in [0.05, 0.1) is 6.61 Å². The SMILES string of the molecule is COCCN(CC(C)C)C(=O)C1CCCCC1. The second kappa shape index (κ2) is 7.70. The van der Waals surface area contributed by atoms with Gasteiger partial charge in [0.1, 0.15) is 0 Å². The lowest BCUT2D eigenvalue weighted by Gasteiger charge is -2.30. The molecule has 0 heterocycles. The topological polar surface area (TPSA) is 29.5 Å². The van der Waals surface area contributed by atoms with Gasteiger partial charge in [-0.05, 0) is 18.8 Å². The minimum absolute atomic E-state index is 0.277. The fourth-order valence-corrected chi connectivity index (χ4v) is 2.54. The molecule has 0 saturated heterocycles. The van der Waals surface area contributed by atoms with Crippen molar-refractivity contribution in [2.75, 3.05) is 26.8 Å². The molecule has 0 spiro atoms. The van der Waals surface area contributed by atoms with E-state index in [1.807, 2.05) is 4.90 Å². The van der Waals surface area contributed by atoms with Gasteiger partial charge in [-0.2, -0.15) is 0 Å². The van der Waals surface area contributed by atoms with Crippen LogP contribution >= 0.6 is 0 Å². The first-order valence-corrected chi connectivity index (χ1v) is 6.93. The molecule has 100 valence electrons. The lowest BCUT2D eigenvalue weighted by atomic mass is 9.88. The summed E-state index contributed by atoms with van der Waals surface area (Å²) in [5.74, 6) is 1.16. The molecule has 0 aromatic heterocycles. The van der Waals surface area contributed by atoms with Gasteiger partial charge in [0.25, 0.3) is 0 Å². The molecule has 3 nitrogen and oxygen atoms in total. The van der Waals surface area contributed by atoms with Crippen LogP contribution in [-0.4, -0.2) is 37.6 Å².